The number of ether oxygens (including phenoxy) is 1. The largest absolute Gasteiger partial charge is 0.489 e. The highest BCUT2D eigenvalue weighted by molar-refractivity contribution is 5.39. The van der Waals surface area contributed by atoms with Crippen molar-refractivity contribution in [3.8, 4) is 5.75 Å². The third-order valence-electron chi connectivity index (χ3n) is 3.32. The third-order valence-corrected chi connectivity index (χ3v) is 3.32. The van der Waals surface area contributed by atoms with Crippen molar-refractivity contribution in [1.82, 2.24) is 5.32 Å². The summed E-state index contributed by atoms with van der Waals surface area (Å²) in [7, 11) is 0. The number of aryl methyl sites for hydroxylation is 1. The van der Waals surface area contributed by atoms with Gasteiger partial charge in [-0.3, -0.25) is 0 Å². The van der Waals surface area contributed by atoms with Crippen LogP contribution in [-0.2, 0) is 0 Å². The van der Waals surface area contributed by atoms with Crippen molar-refractivity contribution in [3.63, 3.8) is 0 Å². The van der Waals surface area contributed by atoms with Gasteiger partial charge in [0.2, 0.25) is 0 Å². The van der Waals surface area contributed by atoms with E-state index in [9.17, 15) is 0 Å². The van der Waals surface area contributed by atoms with Gasteiger partial charge in [0.25, 0.3) is 0 Å². The van der Waals surface area contributed by atoms with Gasteiger partial charge in [0, 0.05) is 6.54 Å². The molecule has 2 heteroatoms. The van der Waals surface area contributed by atoms with Crippen LogP contribution in [0.5, 0.6) is 5.75 Å². The van der Waals surface area contributed by atoms with E-state index >= 15 is 0 Å². The molecule has 0 aliphatic heterocycles. The molecule has 1 unspecified atom stereocenters. The Morgan fingerprint density at radius 1 is 1.21 bits per heavy atom. The van der Waals surface area contributed by atoms with Crippen LogP contribution in [0.15, 0.2) is 18.2 Å². The van der Waals surface area contributed by atoms with E-state index in [0.29, 0.717) is 5.92 Å². The Kier molecular flexibility index (Phi) is 6.93. The van der Waals surface area contributed by atoms with Crippen LogP contribution >= 0.6 is 0 Å². The van der Waals surface area contributed by atoms with Crippen LogP contribution < -0.4 is 10.1 Å². The summed E-state index contributed by atoms with van der Waals surface area (Å²) in [6.45, 7) is 12.8. The number of hydrogen-bond acceptors (Lipinski definition) is 2. The maximum atomic E-state index is 6.27. The molecule has 108 valence electrons. The van der Waals surface area contributed by atoms with E-state index in [2.05, 4.69) is 58.1 Å². The molecule has 1 aromatic rings. The minimum atomic E-state index is 0.268. The molecule has 0 saturated heterocycles. The Morgan fingerprint density at radius 2 is 1.95 bits per heavy atom. The average molecular weight is 263 g/mol. The van der Waals surface area contributed by atoms with Crippen LogP contribution in [-0.4, -0.2) is 19.2 Å². The zero-order valence-electron chi connectivity index (χ0n) is 13.1. The highest BCUT2D eigenvalue weighted by Gasteiger charge is 2.13. The Labute approximate surface area is 118 Å². The predicted octanol–water partition coefficient (Wildman–Crippen LogP) is 4.28. The van der Waals surface area contributed by atoms with Crippen LogP contribution in [0.2, 0.25) is 0 Å². The summed E-state index contributed by atoms with van der Waals surface area (Å²) in [6, 6.07) is 6.54. The van der Waals surface area contributed by atoms with Crippen LogP contribution in [0.25, 0.3) is 0 Å². The smallest absolute Gasteiger partial charge is 0.123 e. The first-order valence-corrected chi connectivity index (χ1v) is 7.56. The van der Waals surface area contributed by atoms with Gasteiger partial charge in [0.05, 0.1) is 0 Å². The molecule has 0 fully saturated rings. The van der Waals surface area contributed by atoms with Crippen molar-refractivity contribution in [2.24, 2.45) is 0 Å². The monoisotopic (exact) mass is 263 g/mol. The normalized spacial score (nSPS) is 12.7. The van der Waals surface area contributed by atoms with Crippen LogP contribution in [0.3, 0.4) is 0 Å². The van der Waals surface area contributed by atoms with E-state index in [1.807, 2.05) is 0 Å². The molecule has 0 amide bonds. The van der Waals surface area contributed by atoms with Gasteiger partial charge in [-0.25, -0.2) is 0 Å². The second-order valence-electron chi connectivity index (χ2n) is 5.53. The van der Waals surface area contributed by atoms with Crippen molar-refractivity contribution in [2.45, 2.75) is 59.5 Å². The fourth-order valence-corrected chi connectivity index (χ4v) is 2.23. The summed E-state index contributed by atoms with van der Waals surface area (Å²) >= 11 is 0. The lowest BCUT2D eigenvalue weighted by atomic mass is 10.0. The highest BCUT2D eigenvalue weighted by Crippen LogP contribution is 2.28. The van der Waals surface area contributed by atoms with Gasteiger partial charge in [-0.05, 0) is 43.0 Å². The Hall–Kier alpha value is -1.02. The second kappa shape index (κ2) is 8.21. The summed E-state index contributed by atoms with van der Waals surface area (Å²) in [4.78, 5) is 0. The van der Waals surface area contributed by atoms with Crippen molar-refractivity contribution in [1.29, 1.82) is 0 Å². The maximum Gasteiger partial charge on any atom is 0.123 e. The van der Waals surface area contributed by atoms with Gasteiger partial charge in [0.15, 0.2) is 0 Å². The number of hydrogen-bond donors (Lipinski definition) is 1. The fraction of sp³-hybridized carbons (Fsp3) is 0.647. The lowest BCUT2D eigenvalue weighted by molar-refractivity contribution is 0.185. The molecule has 1 aromatic carbocycles. The summed E-state index contributed by atoms with van der Waals surface area (Å²) in [6.07, 6.45) is 2.52. The minimum Gasteiger partial charge on any atom is -0.489 e. The molecule has 0 heterocycles. The highest BCUT2D eigenvalue weighted by atomic mass is 16.5. The topological polar surface area (TPSA) is 21.3 Å². The van der Waals surface area contributed by atoms with E-state index in [1.165, 1.54) is 11.1 Å². The summed E-state index contributed by atoms with van der Waals surface area (Å²) in [5, 5.41) is 3.39. The van der Waals surface area contributed by atoms with Crippen molar-refractivity contribution in [2.75, 3.05) is 13.1 Å². The van der Waals surface area contributed by atoms with Crippen molar-refractivity contribution in [3.05, 3.63) is 29.3 Å². The summed E-state index contributed by atoms with van der Waals surface area (Å²) in [5.41, 5.74) is 2.57. The van der Waals surface area contributed by atoms with Crippen LogP contribution in [0, 0.1) is 6.92 Å². The molecule has 1 N–H and O–H groups in total. The zero-order chi connectivity index (χ0) is 14.3. The lowest BCUT2D eigenvalue weighted by Gasteiger charge is -2.22. The first kappa shape index (κ1) is 16.0. The molecule has 0 spiro atoms. The van der Waals surface area contributed by atoms with Gasteiger partial charge in [-0.2, -0.15) is 0 Å². The first-order chi connectivity index (χ1) is 9.08. The van der Waals surface area contributed by atoms with Crippen molar-refractivity contribution < 1.29 is 4.74 Å². The molecular formula is C17H29NO. The third kappa shape index (κ3) is 5.23. The molecule has 1 rings (SSSR count). The number of rotatable bonds is 8. The second-order valence-corrected chi connectivity index (χ2v) is 5.53. The SMILES string of the molecule is CCCC(CNCC)Oc1cc(C)ccc1C(C)C. The van der Waals surface area contributed by atoms with E-state index < -0.39 is 0 Å². The minimum absolute atomic E-state index is 0.268. The van der Waals surface area contributed by atoms with Crippen LogP contribution in [0.1, 0.15) is 57.6 Å². The predicted molar refractivity (Wildman–Crippen MR) is 83.1 cm³/mol. The molecule has 0 aromatic heterocycles. The molecule has 0 aliphatic carbocycles. The Balaban J connectivity index is 2.84. The van der Waals surface area contributed by atoms with E-state index in [4.69, 9.17) is 4.74 Å². The molecule has 2 nitrogen and oxygen atoms in total. The zero-order valence-corrected chi connectivity index (χ0v) is 13.1. The van der Waals surface area contributed by atoms with Gasteiger partial charge in [0.1, 0.15) is 11.9 Å². The summed E-state index contributed by atoms with van der Waals surface area (Å²) < 4.78 is 6.27. The standard InChI is InChI=1S/C17H29NO/c1-6-8-15(12-18-7-2)19-17-11-14(5)9-10-16(17)13(3)4/h9-11,13,15,18H,6-8,12H2,1-5H3. The van der Waals surface area contributed by atoms with Gasteiger partial charge in [-0.1, -0.05) is 46.2 Å². The summed E-state index contributed by atoms with van der Waals surface area (Å²) in [5.74, 6) is 1.56. The number of likely N-dealkylation sites (N-methyl/N-ethyl adjacent to an activating group) is 1. The van der Waals surface area contributed by atoms with Gasteiger partial charge in [-0.15, -0.1) is 0 Å². The average Bonchev–Trinajstić information content (AvgIpc) is 2.36. The van der Waals surface area contributed by atoms with Gasteiger partial charge < -0.3 is 10.1 Å². The molecule has 0 radical (unpaired) electrons. The Morgan fingerprint density at radius 3 is 2.53 bits per heavy atom. The lowest BCUT2D eigenvalue weighted by Crippen LogP contribution is -2.31. The van der Waals surface area contributed by atoms with E-state index in [-0.39, 0.29) is 6.10 Å². The molecular weight excluding hydrogens is 234 g/mol. The number of nitrogens with one attached hydrogen (secondary N) is 1. The Bertz CT molecular complexity index is 374. The fourth-order valence-electron chi connectivity index (χ4n) is 2.23. The first-order valence-electron chi connectivity index (χ1n) is 7.56. The van der Waals surface area contributed by atoms with Gasteiger partial charge >= 0.3 is 0 Å². The molecule has 0 saturated carbocycles. The maximum absolute atomic E-state index is 6.27. The van der Waals surface area contributed by atoms with E-state index in [0.717, 1.165) is 31.7 Å². The molecule has 0 bridgehead atoms. The quantitative estimate of drug-likeness (QED) is 0.756. The van der Waals surface area contributed by atoms with Crippen molar-refractivity contribution >= 4 is 0 Å². The molecule has 19 heavy (non-hydrogen) atoms. The van der Waals surface area contributed by atoms with Crippen LogP contribution in [0.4, 0.5) is 0 Å². The van der Waals surface area contributed by atoms with E-state index in [1.54, 1.807) is 0 Å². The number of benzene rings is 1. The molecule has 1 atom stereocenters. The molecule has 0 aliphatic rings.